The number of hydrogen-bond acceptors (Lipinski definition) is 4. The van der Waals surface area contributed by atoms with Gasteiger partial charge in [0.05, 0.1) is 0 Å². The highest BCUT2D eigenvalue weighted by molar-refractivity contribution is 6.17. The van der Waals surface area contributed by atoms with Crippen LogP contribution < -0.4 is 0 Å². The summed E-state index contributed by atoms with van der Waals surface area (Å²) >= 11 is 0. The standard InChI is InChI=1S/C29H30O4/c1-18-13-14-20-17-29(26(30)21(20)15-18,27(31)33-28(2,3)4)23-11-8-12-24-22(23)16-25(32-24)19-9-6-5-7-10-19/h5-7,9-10,13-16,23H,8,11-12,17H2,1-4H3/t23-,29+/m1/s1. The van der Waals surface area contributed by atoms with Crippen molar-refractivity contribution in [3.05, 3.63) is 82.6 Å². The van der Waals surface area contributed by atoms with Gasteiger partial charge in [-0.2, -0.15) is 0 Å². The van der Waals surface area contributed by atoms with Crippen molar-refractivity contribution in [2.45, 2.75) is 64.9 Å². The monoisotopic (exact) mass is 442 g/mol. The Labute approximate surface area is 195 Å². The number of carbonyl (C=O) groups excluding carboxylic acids is 2. The smallest absolute Gasteiger partial charge is 0.321 e. The van der Waals surface area contributed by atoms with E-state index in [9.17, 15) is 9.59 Å². The van der Waals surface area contributed by atoms with Gasteiger partial charge in [0.25, 0.3) is 0 Å². The first-order valence-corrected chi connectivity index (χ1v) is 11.7. The second-order valence-electron chi connectivity index (χ2n) is 10.4. The average molecular weight is 443 g/mol. The normalized spacial score (nSPS) is 22.1. The molecule has 2 aromatic carbocycles. The summed E-state index contributed by atoms with van der Waals surface area (Å²) in [5.74, 6) is 0.848. The maximum atomic E-state index is 14.1. The summed E-state index contributed by atoms with van der Waals surface area (Å²) in [6.45, 7) is 7.54. The number of rotatable bonds is 3. The van der Waals surface area contributed by atoms with Crippen molar-refractivity contribution in [3.8, 4) is 11.3 Å². The first-order valence-electron chi connectivity index (χ1n) is 11.7. The van der Waals surface area contributed by atoms with Gasteiger partial charge >= 0.3 is 5.97 Å². The van der Waals surface area contributed by atoms with Gasteiger partial charge in [0.2, 0.25) is 0 Å². The predicted octanol–water partition coefficient (Wildman–Crippen LogP) is 6.44. The van der Waals surface area contributed by atoms with E-state index in [1.165, 1.54) is 0 Å². The lowest BCUT2D eigenvalue weighted by Crippen LogP contribution is -2.47. The Hall–Kier alpha value is -3.14. The number of carbonyl (C=O) groups is 2. The maximum absolute atomic E-state index is 14.1. The van der Waals surface area contributed by atoms with Gasteiger partial charge in [-0.1, -0.05) is 48.0 Å². The third kappa shape index (κ3) is 3.62. The minimum Gasteiger partial charge on any atom is -0.461 e. The molecule has 0 aliphatic heterocycles. The van der Waals surface area contributed by atoms with Crippen molar-refractivity contribution < 1.29 is 18.7 Å². The highest BCUT2D eigenvalue weighted by atomic mass is 16.6. The van der Waals surface area contributed by atoms with Crippen LogP contribution in [0.25, 0.3) is 11.3 Å². The molecule has 2 aliphatic rings. The molecular formula is C29H30O4. The molecule has 0 fully saturated rings. The van der Waals surface area contributed by atoms with E-state index in [-0.39, 0.29) is 11.7 Å². The Balaban J connectivity index is 1.65. The van der Waals surface area contributed by atoms with Crippen LogP contribution in [0, 0.1) is 12.3 Å². The zero-order valence-corrected chi connectivity index (χ0v) is 19.7. The zero-order chi connectivity index (χ0) is 23.4. The topological polar surface area (TPSA) is 56.5 Å². The number of Topliss-reactive ketones (excluding diaryl/α,β-unsaturated/α-hetero) is 1. The highest BCUT2D eigenvalue weighted by Crippen LogP contribution is 2.54. The molecule has 4 nitrogen and oxygen atoms in total. The molecule has 1 aromatic heterocycles. The van der Waals surface area contributed by atoms with Gasteiger partial charge in [0.1, 0.15) is 22.5 Å². The van der Waals surface area contributed by atoms with E-state index in [2.05, 4.69) is 0 Å². The molecule has 170 valence electrons. The lowest BCUT2D eigenvalue weighted by molar-refractivity contribution is -0.165. The lowest BCUT2D eigenvalue weighted by Gasteiger charge is -2.38. The van der Waals surface area contributed by atoms with Gasteiger partial charge < -0.3 is 9.15 Å². The molecule has 0 unspecified atom stereocenters. The van der Waals surface area contributed by atoms with Gasteiger partial charge in [-0.25, -0.2) is 0 Å². The Morgan fingerprint density at radius 3 is 2.58 bits per heavy atom. The summed E-state index contributed by atoms with van der Waals surface area (Å²) < 4.78 is 12.2. The molecule has 5 rings (SSSR count). The summed E-state index contributed by atoms with van der Waals surface area (Å²) in [4.78, 5) is 27.9. The summed E-state index contributed by atoms with van der Waals surface area (Å²) in [5, 5.41) is 0. The van der Waals surface area contributed by atoms with E-state index in [0.29, 0.717) is 12.0 Å². The van der Waals surface area contributed by atoms with Gasteiger partial charge in [-0.15, -0.1) is 0 Å². The summed E-state index contributed by atoms with van der Waals surface area (Å²) in [5.41, 5.74) is 2.61. The van der Waals surface area contributed by atoms with Crippen molar-refractivity contribution >= 4 is 11.8 Å². The number of ketones is 1. The van der Waals surface area contributed by atoms with Crippen molar-refractivity contribution in [1.82, 2.24) is 0 Å². The fourth-order valence-electron chi connectivity index (χ4n) is 5.45. The summed E-state index contributed by atoms with van der Waals surface area (Å²) in [6.07, 6.45) is 2.79. The minimum atomic E-state index is -1.27. The quantitative estimate of drug-likeness (QED) is 0.346. The van der Waals surface area contributed by atoms with Crippen LogP contribution in [0.5, 0.6) is 0 Å². The van der Waals surface area contributed by atoms with Crippen LogP contribution >= 0.6 is 0 Å². The van der Waals surface area contributed by atoms with E-state index >= 15 is 0 Å². The molecule has 0 spiro atoms. The number of aryl methyl sites for hydroxylation is 2. The lowest BCUT2D eigenvalue weighted by atomic mass is 9.65. The van der Waals surface area contributed by atoms with Gasteiger partial charge in [-0.05, 0) is 70.2 Å². The maximum Gasteiger partial charge on any atom is 0.321 e. The molecule has 1 heterocycles. The van der Waals surface area contributed by atoms with Gasteiger partial charge in [0, 0.05) is 23.5 Å². The van der Waals surface area contributed by atoms with Crippen LogP contribution in [0.1, 0.15) is 72.3 Å². The van der Waals surface area contributed by atoms with Crippen molar-refractivity contribution in [3.63, 3.8) is 0 Å². The second kappa shape index (κ2) is 7.72. The van der Waals surface area contributed by atoms with E-state index in [1.54, 1.807) is 0 Å². The van der Waals surface area contributed by atoms with Gasteiger partial charge in [0.15, 0.2) is 5.78 Å². The van der Waals surface area contributed by atoms with Crippen molar-refractivity contribution in [2.24, 2.45) is 5.41 Å². The molecule has 33 heavy (non-hydrogen) atoms. The molecule has 2 aliphatic carbocycles. The largest absolute Gasteiger partial charge is 0.461 e. The van der Waals surface area contributed by atoms with E-state index in [4.69, 9.17) is 9.15 Å². The van der Waals surface area contributed by atoms with Crippen LogP contribution in [0.2, 0.25) is 0 Å². The molecular weight excluding hydrogens is 412 g/mol. The number of fused-ring (bicyclic) bond motifs is 2. The van der Waals surface area contributed by atoms with Crippen LogP contribution in [-0.2, 0) is 22.4 Å². The van der Waals surface area contributed by atoms with Gasteiger partial charge in [-0.3, -0.25) is 9.59 Å². The first kappa shape index (κ1) is 21.7. The molecule has 4 heteroatoms. The third-order valence-electron chi connectivity index (χ3n) is 6.91. The molecule has 0 bridgehead atoms. The Kier molecular flexibility index (Phi) is 5.08. The Bertz CT molecular complexity index is 1230. The summed E-state index contributed by atoms with van der Waals surface area (Å²) in [7, 11) is 0. The fraction of sp³-hybridized carbons (Fsp3) is 0.379. The third-order valence-corrected chi connectivity index (χ3v) is 6.91. The molecule has 2 atom stereocenters. The number of benzene rings is 2. The number of esters is 1. The van der Waals surface area contributed by atoms with Crippen molar-refractivity contribution in [1.29, 1.82) is 0 Å². The number of furan rings is 1. The number of hydrogen-bond donors (Lipinski definition) is 0. The average Bonchev–Trinajstić information content (AvgIpc) is 3.33. The van der Waals surface area contributed by atoms with Crippen LogP contribution in [0.15, 0.2) is 59.0 Å². The molecule has 0 saturated heterocycles. The molecule has 0 saturated carbocycles. The fourth-order valence-corrected chi connectivity index (χ4v) is 5.45. The highest BCUT2D eigenvalue weighted by Gasteiger charge is 2.59. The molecule has 3 aromatic rings. The Morgan fingerprint density at radius 1 is 1.09 bits per heavy atom. The van der Waals surface area contributed by atoms with E-state index < -0.39 is 17.0 Å². The first-order chi connectivity index (χ1) is 15.7. The van der Waals surface area contributed by atoms with Crippen LogP contribution in [0.3, 0.4) is 0 Å². The Morgan fingerprint density at radius 2 is 1.85 bits per heavy atom. The van der Waals surface area contributed by atoms with Crippen molar-refractivity contribution in [2.75, 3.05) is 0 Å². The SMILES string of the molecule is Cc1ccc2c(c1)C(=O)[C@@](C(=O)OC(C)(C)C)([C@@H]1CCCc3oc(-c4ccccc4)cc31)C2. The summed E-state index contributed by atoms with van der Waals surface area (Å²) in [6, 6.07) is 17.9. The van der Waals surface area contributed by atoms with E-state index in [0.717, 1.165) is 53.0 Å². The molecule has 0 radical (unpaired) electrons. The molecule has 0 N–H and O–H groups in total. The van der Waals surface area contributed by atoms with Crippen LogP contribution in [-0.4, -0.2) is 17.4 Å². The second-order valence-corrected chi connectivity index (χ2v) is 10.4. The zero-order valence-electron chi connectivity index (χ0n) is 19.7. The minimum absolute atomic E-state index is 0.115. The predicted molar refractivity (Wildman–Crippen MR) is 127 cm³/mol. The van der Waals surface area contributed by atoms with Crippen LogP contribution in [0.4, 0.5) is 0 Å². The number of ether oxygens (including phenoxy) is 1. The molecule has 0 amide bonds. The van der Waals surface area contributed by atoms with E-state index in [1.807, 2.05) is 82.3 Å².